The SMILES string of the molecule is Cc1noc(C)c1CC(=O)N(C)[C@H]1C[C@H]2CC(=O)N(C)C[C@H]2C1.O=CO. The number of hydrogen-bond acceptors (Lipinski definition) is 5. The second-order valence-electron chi connectivity index (χ2n) is 7.21. The number of fused-ring (bicyclic) bond motifs is 1. The zero-order valence-electron chi connectivity index (χ0n) is 15.8. The Kier molecular flexibility index (Phi) is 6.39. The summed E-state index contributed by atoms with van der Waals surface area (Å²) in [5.41, 5.74) is 1.68. The standard InChI is InChI=1S/C17H25N3O3.CH2O2/c1-10-15(11(2)23-18-10)8-17(22)20(4)14-5-12-7-16(21)19(3)9-13(12)6-14;2-1-3/h12-14H,5-9H2,1-4H3;1H,(H,2,3)/t12-,13+,14-;/m0./s1. The third kappa shape index (κ3) is 4.23. The number of nitrogens with zero attached hydrogens (tertiary/aromatic N) is 3. The molecule has 0 bridgehead atoms. The topological polar surface area (TPSA) is 104 Å². The summed E-state index contributed by atoms with van der Waals surface area (Å²) >= 11 is 0. The summed E-state index contributed by atoms with van der Waals surface area (Å²) in [4.78, 5) is 36.5. The summed E-state index contributed by atoms with van der Waals surface area (Å²) in [5.74, 6) is 2.01. The summed E-state index contributed by atoms with van der Waals surface area (Å²) in [6.07, 6.45) is 2.89. The van der Waals surface area contributed by atoms with Crippen molar-refractivity contribution in [1.29, 1.82) is 0 Å². The number of likely N-dealkylation sites (tertiary alicyclic amines) is 1. The number of hydrogen-bond donors (Lipinski definition) is 1. The Bertz CT molecular complexity index is 652. The van der Waals surface area contributed by atoms with Crippen LogP contribution >= 0.6 is 0 Å². The van der Waals surface area contributed by atoms with Gasteiger partial charge in [0.1, 0.15) is 5.76 Å². The van der Waals surface area contributed by atoms with Crippen molar-refractivity contribution in [2.45, 2.75) is 45.6 Å². The minimum atomic E-state index is -0.250. The van der Waals surface area contributed by atoms with Crippen molar-refractivity contribution in [3.05, 3.63) is 17.0 Å². The molecule has 2 amide bonds. The molecule has 3 atom stereocenters. The van der Waals surface area contributed by atoms with Crippen LogP contribution in [0.5, 0.6) is 0 Å². The number of carbonyl (C=O) groups excluding carboxylic acids is 2. The van der Waals surface area contributed by atoms with Crippen LogP contribution in [0.4, 0.5) is 0 Å². The van der Waals surface area contributed by atoms with Gasteiger partial charge in [-0.1, -0.05) is 5.16 Å². The monoisotopic (exact) mass is 365 g/mol. The molecule has 1 aliphatic carbocycles. The molecule has 26 heavy (non-hydrogen) atoms. The second-order valence-corrected chi connectivity index (χ2v) is 7.21. The molecule has 3 rings (SSSR count). The third-order valence-corrected chi connectivity index (χ3v) is 5.64. The van der Waals surface area contributed by atoms with Crippen molar-refractivity contribution in [1.82, 2.24) is 15.0 Å². The van der Waals surface area contributed by atoms with Gasteiger partial charge in [0.25, 0.3) is 6.47 Å². The first-order chi connectivity index (χ1) is 12.3. The van der Waals surface area contributed by atoms with E-state index in [0.717, 1.165) is 36.4 Å². The Morgan fingerprint density at radius 2 is 2.00 bits per heavy atom. The number of amides is 2. The minimum absolute atomic E-state index is 0.0997. The van der Waals surface area contributed by atoms with Crippen LogP contribution in [0, 0.1) is 25.7 Å². The highest BCUT2D eigenvalue weighted by molar-refractivity contribution is 5.79. The van der Waals surface area contributed by atoms with Gasteiger partial charge in [-0.25, -0.2) is 0 Å². The summed E-state index contributed by atoms with van der Waals surface area (Å²) in [6, 6.07) is 0.234. The first-order valence-corrected chi connectivity index (χ1v) is 8.77. The van der Waals surface area contributed by atoms with Crippen molar-refractivity contribution in [2.75, 3.05) is 20.6 Å². The minimum Gasteiger partial charge on any atom is -0.483 e. The van der Waals surface area contributed by atoms with Crippen LogP contribution in [-0.2, 0) is 20.8 Å². The zero-order chi connectivity index (χ0) is 19.4. The van der Waals surface area contributed by atoms with Crippen LogP contribution in [0.15, 0.2) is 4.52 Å². The van der Waals surface area contributed by atoms with Crippen molar-refractivity contribution in [3.8, 4) is 0 Å². The number of carbonyl (C=O) groups is 3. The molecule has 1 aliphatic heterocycles. The molecule has 0 spiro atoms. The van der Waals surface area contributed by atoms with Gasteiger partial charge in [0, 0.05) is 38.7 Å². The quantitative estimate of drug-likeness (QED) is 0.809. The van der Waals surface area contributed by atoms with E-state index in [0.29, 0.717) is 24.7 Å². The molecule has 2 aliphatic rings. The van der Waals surface area contributed by atoms with Crippen molar-refractivity contribution in [2.24, 2.45) is 11.8 Å². The summed E-state index contributed by atoms with van der Waals surface area (Å²) in [7, 11) is 3.76. The summed E-state index contributed by atoms with van der Waals surface area (Å²) in [5, 5.41) is 10.8. The first-order valence-electron chi connectivity index (χ1n) is 8.77. The number of piperidine rings is 1. The van der Waals surface area contributed by atoms with E-state index in [9.17, 15) is 9.59 Å². The molecule has 2 fully saturated rings. The van der Waals surface area contributed by atoms with Crippen LogP contribution in [0.2, 0.25) is 0 Å². The molecule has 2 heterocycles. The predicted octanol–water partition coefficient (Wildman–Crippen LogP) is 1.25. The number of aryl methyl sites for hydroxylation is 2. The first kappa shape index (κ1) is 19.9. The van der Waals surface area contributed by atoms with E-state index in [2.05, 4.69) is 5.16 Å². The molecule has 1 N–H and O–H groups in total. The molecule has 0 radical (unpaired) electrons. The lowest BCUT2D eigenvalue weighted by Gasteiger charge is -2.31. The van der Waals surface area contributed by atoms with Gasteiger partial charge in [-0.3, -0.25) is 14.4 Å². The maximum Gasteiger partial charge on any atom is 0.290 e. The largest absolute Gasteiger partial charge is 0.483 e. The molecular weight excluding hydrogens is 338 g/mol. The Morgan fingerprint density at radius 3 is 2.58 bits per heavy atom. The molecule has 144 valence electrons. The summed E-state index contributed by atoms with van der Waals surface area (Å²) < 4.78 is 5.14. The maximum absolute atomic E-state index is 12.6. The highest BCUT2D eigenvalue weighted by atomic mass is 16.5. The predicted molar refractivity (Wildman–Crippen MR) is 93.4 cm³/mol. The van der Waals surface area contributed by atoms with E-state index in [1.54, 1.807) is 0 Å². The van der Waals surface area contributed by atoms with Gasteiger partial charge in [-0.05, 0) is 38.5 Å². The molecular formula is C18H27N3O5. The van der Waals surface area contributed by atoms with Crippen molar-refractivity contribution >= 4 is 18.3 Å². The lowest BCUT2D eigenvalue weighted by Crippen LogP contribution is -2.40. The average Bonchev–Trinajstić information content (AvgIpc) is 3.13. The third-order valence-electron chi connectivity index (χ3n) is 5.64. The van der Waals surface area contributed by atoms with Gasteiger partial charge in [0.15, 0.2) is 0 Å². The molecule has 1 saturated heterocycles. The van der Waals surface area contributed by atoms with Crippen LogP contribution < -0.4 is 0 Å². The zero-order valence-corrected chi connectivity index (χ0v) is 15.8. The van der Waals surface area contributed by atoms with Crippen molar-refractivity contribution < 1.29 is 24.0 Å². The van der Waals surface area contributed by atoms with Gasteiger partial charge in [-0.15, -0.1) is 0 Å². The van der Waals surface area contributed by atoms with E-state index in [1.165, 1.54) is 0 Å². The second kappa shape index (κ2) is 8.33. The van der Waals surface area contributed by atoms with E-state index in [1.807, 2.05) is 37.7 Å². The van der Waals surface area contributed by atoms with Gasteiger partial charge < -0.3 is 19.4 Å². The molecule has 1 aromatic heterocycles. The number of rotatable bonds is 3. The Labute approximate surface area is 153 Å². The Morgan fingerprint density at radius 1 is 1.38 bits per heavy atom. The lowest BCUT2D eigenvalue weighted by atomic mass is 9.88. The molecule has 8 nitrogen and oxygen atoms in total. The molecule has 1 saturated carbocycles. The maximum atomic E-state index is 12.6. The smallest absolute Gasteiger partial charge is 0.290 e. The average molecular weight is 365 g/mol. The fourth-order valence-electron chi connectivity index (χ4n) is 4.04. The van der Waals surface area contributed by atoms with Crippen LogP contribution in [-0.4, -0.2) is 65.0 Å². The molecule has 0 aromatic carbocycles. The fraction of sp³-hybridized carbons (Fsp3) is 0.667. The van der Waals surface area contributed by atoms with Gasteiger partial charge in [-0.2, -0.15) is 0 Å². The van der Waals surface area contributed by atoms with Gasteiger partial charge >= 0.3 is 0 Å². The summed E-state index contributed by atoms with van der Waals surface area (Å²) in [6.45, 7) is 4.28. The van der Waals surface area contributed by atoms with E-state index < -0.39 is 0 Å². The van der Waals surface area contributed by atoms with E-state index in [4.69, 9.17) is 14.4 Å². The number of likely N-dealkylation sites (N-methyl/N-ethyl adjacent to an activating group) is 1. The highest BCUT2D eigenvalue weighted by Crippen LogP contribution is 2.40. The number of carboxylic acid groups (broad SMARTS) is 1. The molecule has 1 aromatic rings. The van der Waals surface area contributed by atoms with Gasteiger partial charge in [0.05, 0.1) is 12.1 Å². The normalized spacial score (nSPS) is 24.5. The lowest BCUT2D eigenvalue weighted by molar-refractivity contribution is -0.135. The fourth-order valence-corrected chi connectivity index (χ4v) is 4.04. The van der Waals surface area contributed by atoms with E-state index >= 15 is 0 Å². The van der Waals surface area contributed by atoms with Gasteiger partial charge in [0.2, 0.25) is 11.8 Å². The highest BCUT2D eigenvalue weighted by Gasteiger charge is 2.42. The Hall–Kier alpha value is -2.38. The molecule has 8 heteroatoms. The van der Waals surface area contributed by atoms with Crippen molar-refractivity contribution in [3.63, 3.8) is 0 Å². The molecule has 0 unspecified atom stereocenters. The number of aromatic nitrogens is 1. The van der Waals surface area contributed by atoms with Crippen LogP contribution in [0.3, 0.4) is 0 Å². The Balaban J connectivity index is 0.000000758. The van der Waals surface area contributed by atoms with Crippen LogP contribution in [0.1, 0.15) is 36.3 Å². The van der Waals surface area contributed by atoms with Crippen LogP contribution in [0.25, 0.3) is 0 Å². The van der Waals surface area contributed by atoms with E-state index in [-0.39, 0.29) is 24.3 Å².